The average molecular weight is 246 g/mol. The Kier molecular flexibility index (Phi) is 3.96. The summed E-state index contributed by atoms with van der Waals surface area (Å²) in [5, 5.41) is 3.07. The van der Waals surface area contributed by atoms with Gasteiger partial charge in [0.2, 0.25) is 0 Å². The lowest BCUT2D eigenvalue weighted by atomic mass is 10.4. The van der Waals surface area contributed by atoms with Crippen molar-refractivity contribution in [2.24, 2.45) is 0 Å². The SMILES string of the molecule is O=S(=O)(NCCCNC1CC1)C(F)(F)F. The summed E-state index contributed by atoms with van der Waals surface area (Å²) in [6.45, 7) is 0.340. The van der Waals surface area contributed by atoms with Gasteiger partial charge in [-0.05, 0) is 25.8 Å². The summed E-state index contributed by atoms with van der Waals surface area (Å²) in [5.41, 5.74) is -5.21. The second-order valence-corrected chi connectivity index (χ2v) is 5.18. The molecule has 0 saturated heterocycles. The lowest BCUT2D eigenvalue weighted by molar-refractivity contribution is -0.0447. The van der Waals surface area contributed by atoms with Crippen molar-refractivity contribution in [3.8, 4) is 0 Å². The Balaban J connectivity index is 2.12. The minimum atomic E-state index is -5.21. The summed E-state index contributed by atoms with van der Waals surface area (Å²) in [6, 6.07) is 0.476. The molecule has 90 valence electrons. The van der Waals surface area contributed by atoms with E-state index >= 15 is 0 Å². The van der Waals surface area contributed by atoms with Crippen LogP contribution >= 0.6 is 0 Å². The second-order valence-electron chi connectivity index (χ2n) is 3.43. The number of halogens is 3. The van der Waals surface area contributed by atoms with E-state index in [1.807, 2.05) is 0 Å². The van der Waals surface area contributed by atoms with Crippen LogP contribution in [0.4, 0.5) is 13.2 Å². The van der Waals surface area contributed by atoms with Crippen LogP contribution in [-0.4, -0.2) is 33.1 Å². The second kappa shape index (κ2) is 4.67. The Labute approximate surface area is 86.3 Å². The van der Waals surface area contributed by atoms with Crippen LogP contribution in [0.25, 0.3) is 0 Å². The molecule has 0 amide bonds. The van der Waals surface area contributed by atoms with Gasteiger partial charge in [0.25, 0.3) is 0 Å². The van der Waals surface area contributed by atoms with Gasteiger partial charge in [-0.3, -0.25) is 0 Å². The molecule has 0 atom stereocenters. The van der Waals surface area contributed by atoms with E-state index < -0.39 is 15.5 Å². The number of sulfonamides is 1. The van der Waals surface area contributed by atoms with E-state index in [1.165, 1.54) is 4.72 Å². The number of nitrogens with one attached hydrogen (secondary N) is 2. The maximum Gasteiger partial charge on any atom is 0.511 e. The van der Waals surface area contributed by atoms with Crippen molar-refractivity contribution in [3.63, 3.8) is 0 Å². The van der Waals surface area contributed by atoms with Gasteiger partial charge in [-0.15, -0.1) is 0 Å². The zero-order valence-electron chi connectivity index (χ0n) is 7.97. The van der Waals surface area contributed by atoms with E-state index in [4.69, 9.17) is 0 Å². The highest BCUT2D eigenvalue weighted by Gasteiger charge is 2.45. The molecule has 0 aromatic carbocycles. The molecule has 1 rings (SSSR count). The van der Waals surface area contributed by atoms with Crippen LogP contribution in [0.1, 0.15) is 19.3 Å². The molecule has 15 heavy (non-hydrogen) atoms. The highest BCUT2D eigenvalue weighted by atomic mass is 32.2. The molecule has 0 heterocycles. The Bertz CT molecular complexity index is 298. The van der Waals surface area contributed by atoms with Crippen LogP contribution in [0.3, 0.4) is 0 Å². The van der Waals surface area contributed by atoms with Crippen molar-refractivity contribution in [3.05, 3.63) is 0 Å². The molecule has 0 unspecified atom stereocenters. The lowest BCUT2D eigenvalue weighted by Crippen LogP contribution is -2.37. The first-order chi connectivity index (χ1) is 6.83. The fourth-order valence-corrected chi connectivity index (χ4v) is 1.55. The Hall–Kier alpha value is -0.340. The summed E-state index contributed by atoms with van der Waals surface area (Å²) >= 11 is 0. The molecule has 1 saturated carbocycles. The Morgan fingerprint density at radius 3 is 2.27 bits per heavy atom. The van der Waals surface area contributed by atoms with Gasteiger partial charge in [0.15, 0.2) is 0 Å². The summed E-state index contributed by atoms with van der Waals surface area (Å²) < 4.78 is 58.0. The molecule has 0 bridgehead atoms. The summed E-state index contributed by atoms with van der Waals surface area (Å²) in [4.78, 5) is 0. The fraction of sp³-hybridized carbons (Fsp3) is 1.00. The van der Waals surface area contributed by atoms with Gasteiger partial charge < -0.3 is 5.32 Å². The first-order valence-electron chi connectivity index (χ1n) is 4.62. The van der Waals surface area contributed by atoms with Gasteiger partial charge in [0.05, 0.1) is 0 Å². The number of hydrogen-bond acceptors (Lipinski definition) is 3. The number of rotatable bonds is 6. The van der Waals surface area contributed by atoms with Gasteiger partial charge in [-0.25, -0.2) is 13.1 Å². The van der Waals surface area contributed by atoms with Crippen molar-refractivity contribution in [2.75, 3.05) is 13.1 Å². The molecule has 1 fully saturated rings. The highest BCUT2D eigenvalue weighted by Crippen LogP contribution is 2.21. The molecule has 1 aliphatic rings. The van der Waals surface area contributed by atoms with Crippen LogP contribution in [0.5, 0.6) is 0 Å². The molecule has 0 radical (unpaired) electrons. The molecular formula is C7H13F3N2O2S. The Morgan fingerprint density at radius 2 is 1.80 bits per heavy atom. The van der Waals surface area contributed by atoms with Crippen LogP contribution in [0, 0.1) is 0 Å². The van der Waals surface area contributed by atoms with Gasteiger partial charge in [-0.2, -0.15) is 13.2 Å². The largest absolute Gasteiger partial charge is 0.511 e. The molecule has 0 aromatic rings. The normalized spacial score (nSPS) is 18.1. The van der Waals surface area contributed by atoms with Crippen LogP contribution in [0.15, 0.2) is 0 Å². The van der Waals surface area contributed by atoms with Crippen molar-refractivity contribution in [1.29, 1.82) is 0 Å². The maximum atomic E-state index is 11.8. The predicted molar refractivity (Wildman–Crippen MR) is 48.6 cm³/mol. The first kappa shape index (κ1) is 12.7. The monoisotopic (exact) mass is 246 g/mol. The molecular weight excluding hydrogens is 233 g/mol. The minimum Gasteiger partial charge on any atom is -0.314 e. The third kappa shape index (κ3) is 4.35. The molecule has 1 aliphatic carbocycles. The van der Waals surface area contributed by atoms with Crippen molar-refractivity contribution < 1.29 is 21.6 Å². The molecule has 0 aromatic heterocycles. The molecule has 0 spiro atoms. The van der Waals surface area contributed by atoms with E-state index in [-0.39, 0.29) is 6.54 Å². The molecule has 4 nitrogen and oxygen atoms in total. The third-order valence-electron chi connectivity index (χ3n) is 1.96. The summed E-state index contributed by atoms with van der Waals surface area (Å²) in [5.74, 6) is 0. The van der Waals surface area contributed by atoms with E-state index in [1.54, 1.807) is 0 Å². The topological polar surface area (TPSA) is 58.2 Å². The number of hydrogen-bond donors (Lipinski definition) is 2. The quantitative estimate of drug-likeness (QED) is 0.674. The third-order valence-corrected chi connectivity index (χ3v) is 3.15. The van der Waals surface area contributed by atoms with Crippen molar-refractivity contribution in [2.45, 2.75) is 30.8 Å². The van der Waals surface area contributed by atoms with Crippen molar-refractivity contribution in [1.82, 2.24) is 10.0 Å². The van der Waals surface area contributed by atoms with Crippen LogP contribution < -0.4 is 10.0 Å². The predicted octanol–water partition coefficient (Wildman–Crippen LogP) is 0.568. The van der Waals surface area contributed by atoms with Gasteiger partial charge in [0.1, 0.15) is 0 Å². The zero-order valence-corrected chi connectivity index (χ0v) is 8.79. The van der Waals surface area contributed by atoms with Crippen LogP contribution in [0.2, 0.25) is 0 Å². The molecule has 0 aliphatic heterocycles. The zero-order chi connectivity index (χ0) is 11.5. The van der Waals surface area contributed by atoms with E-state index in [0.717, 1.165) is 12.8 Å². The van der Waals surface area contributed by atoms with Gasteiger partial charge in [0, 0.05) is 12.6 Å². The smallest absolute Gasteiger partial charge is 0.314 e. The van der Waals surface area contributed by atoms with E-state index in [2.05, 4.69) is 5.32 Å². The highest BCUT2D eigenvalue weighted by molar-refractivity contribution is 7.90. The number of alkyl halides is 3. The summed E-state index contributed by atoms with van der Waals surface area (Å²) in [7, 11) is -5.16. The molecule has 2 N–H and O–H groups in total. The first-order valence-corrected chi connectivity index (χ1v) is 6.10. The molecule has 8 heteroatoms. The maximum absolute atomic E-state index is 11.8. The van der Waals surface area contributed by atoms with Crippen molar-refractivity contribution >= 4 is 10.0 Å². The summed E-state index contributed by atoms with van der Waals surface area (Å²) in [6.07, 6.45) is 2.54. The van der Waals surface area contributed by atoms with E-state index in [0.29, 0.717) is 19.0 Å². The standard InChI is InChI=1S/C7H13F3N2O2S/c8-7(9,10)15(13,14)12-5-1-4-11-6-2-3-6/h6,11-12H,1-5H2. The minimum absolute atomic E-state index is 0.193. The van der Waals surface area contributed by atoms with Crippen LogP contribution in [-0.2, 0) is 10.0 Å². The fourth-order valence-electron chi connectivity index (χ4n) is 0.970. The lowest BCUT2D eigenvalue weighted by Gasteiger charge is -2.09. The Morgan fingerprint density at radius 1 is 1.20 bits per heavy atom. The average Bonchev–Trinajstić information content (AvgIpc) is 2.85. The van der Waals surface area contributed by atoms with Gasteiger partial charge >= 0.3 is 15.5 Å². The van der Waals surface area contributed by atoms with E-state index in [9.17, 15) is 21.6 Å². The van der Waals surface area contributed by atoms with Gasteiger partial charge in [-0.1, -0.05) is 0 Å².